The van der Waals surface area contributed by atoms with Crippen molar-refractivity contribution in [3.8, 4) is 10.6 Å². The minimum Gasteiger partial charge on any atom is -0.321 e. The molecular weight excluding hydrogens is 442 g/mol. The molecule has 1 aromatic heterocycles. The number of nitrogens with zero attached hydrogens (tertiary/aromatic N) is 1. The number of carbonyl (C=O) groups is 1. The van der Waals surface area contributed by atoms with Crippen LogP contribution in [0.5, 0.6) is 0 Å². The first-order valence-electron chi connectivity index (χ1n) is 9.35. The molecule has 0 aliphatic heterocycles. The Labute approximate surface area is 185 Å². The molecule has 3 rings (SSSR count). The van der Waals surface area contributed by atoms with Gasteiger partial charge in [0.15, 0.2) is 0 Å². The number of aryl methyl sites for hydroxylation is 1. The second-order valence-electron chi connectivity index (χ2n) is 6.80. The highest BCUT2D eigenvalue weighted by atomic mass is 35.5. The van der Waals surface area contributed by atoms with Crippen molar-refractivity contribution in [2.45, 2.75) is 27.2 Å². The molecule has 1 heterocycles. The van der Waals surface area contributed by atoms with Gasteiger partial charge in [-0.25, -0.2) is 13.4 Å². The summed E-state index contributed by atoms with van der Waals surface area (Å²) < 4.78 is 26.8. The maximum Gasteiger partial charge on any atom is 0.267 e. The molecule has 0 atom stereocenters. The van der Waals surface area contributed by atoms with Crippen LogP contribution < -0.4 is 10.0 Å². The normalized spacial score (nSPS) is 11.3. The van der Waals surface area contributed by atoms with Crippen molar-refractivity contribution in [1.29, 1.82) is 0 Å². The minimum atomic E-state index is -3.42. The van der Waals surface area contributed by atoms with Gasteiger partial charge in [0.1, 0.15) is 9.88 Å². The summed E-state index contributed by atoms with van der Waals surface area (Å²) in [4.78, 5) is 17.9. The minimum absolute atomic E-state index is 0.0371. The van der Waals surface area contributed by atoms with Gasteiger partial charge in [-0.3, -0.25) is 9.52 Å². The van der Waals surface area contributed by atoms with E-state index in [1.54, 1.807) is 51.1 Å². The molecule has 0 unspecified atom stereocenters. The second-order valence-corrected chi connectivity index (χ2v) is 10.1. The van der Waals surface area contributed by atoms with Crippen LogP contribution in [0, 0.1) is 13.8 Å². The fourth-order valence-corrected chi connectivity index (χ4v) is 5.24. The smallest absolute Gasteiger partial charge is 0.267 e. The van der Waals surface area contributed by atoms with E-state index < -0.39 is 10.0 Å². The molecule has 0 aliphatic carbocycles. The lowest BCUT2D eigenvalue weighted by Gasteiger charge is -2.14. The van der Waals surface area contributed by atoms with Gasteiger partial charge in [-0.2, -0.15) is 0 Å². The number of amides is 1. The van der Waals surface area contributed by atoms with Crippen LogP contribution in [0.25, 0.3) is 10.6 Å². The van der Waals surface area contributed by atoms with Gasteiger partial charge in [-0.1, -0.05) is 36.7 Å². The molecule has 2 N–H and O–H groups in total. The molecule has 1 amide bonds. The molecule has 2 aromatic carbocycles. The van der Waals surface area contributed by atoms with E-state index in [9.17, 15) is 13.2 Å². The van der Waals surface area contributed by atoms with Gasteiger partial charge in [0.2, 0.25) is 10.0 Å². The quantitative estimate of drug-likeness (QED) is 0.485. The maximum absolute atomic E-state index is 12.9. The Morgan fingerprint density at radius 1 is 1.13 bits per heavy atom. The molecule has 9 heteroatoms. The van der Waals surface area contributed by atoms with Gasteiger partial charge in [-0.05, 0) is 50.1 Å². The summed E-state index contributed by atoms with van der Waals surface area (Å²) in [5.41, 5.74) is 3.08. The number of sulfonamides is 1. The van der Waals surface area contributed by atoms with Gasteiger partial charge in [0.05, 0.1) is 17.1 Å². The number of aromatic nitrogens is 1. The Balaban J connectivity index is 1.84. The Hall–Kier alpha value is -2.42. The predicted octanol–water partition coefficient (Wildman–Crippen LogP) is 5.48. The van der Waals surface area contributed by atoms with Crippen molar-refractivity contribution in [1.82, 2.24) is 4.98 Å². The predicted molar refractivity (Wildman–Crippen MR) is 124 cm³/mol. The van der Waals surface area contributed by atoms with Crippen LogP contribution >= 0.6 is 22.9 Å². The third kappa shape index (κ3) is 5.19. The summed E-state index contributed by atoms with van der Waals surface area (Å²) >= 11 is 7.34. The molecule has 0 bridgehead atoms. The van der Waals surface area contributed by atoms with Crippen molar-refractivity contribution < 1.29 is 13.2 Å². The Bertz CT molecular complexity index is 1190. The topological polar surface area (TPSA) is 88.2 Å². The third-order valence-corrected chi connectivity index (χ3v) is 7.31. The number of hydrogen-bond acceptors (Lipinski definition) is 5. The van der Waals surface area contributed by atoms with E-state index in [-0.39, 0.29) is 11.7 Å². The standard InChI is InChI=1S/C21H22ClN3O3S2/c1-4-11-30(27,28)25-18-10-6-9-17(13(18)2)24-20(26)19-14(3)23-21(29-19)15-7-5-8-16(22)12-15/h5-10,12,25H,4,11H2,1-3H3,(H,24,26). The third-order valence-electron chi connectivity index (χ3n) is 4.39. The number of rotatable bonds is 7. The van der Waals surface area contributed by atoms with E-state index in [2.05, 4.69) is 15.0 Å². The van der Waals surface area contributed by atoms with Crippen LogP contribution in [-0.4, -0.2) is 25.1 Å². The zero-order valence-electron chi connectivity index (χ0n) is 16.8. The molecule has 0 radical (unpaired) electrons. The molecule has 0 saturated heterocycles. The van der Waals surface area contributed by atoms with Crippen molar-refractivity contribution in [3.05, 3.63) is 63.6 Å². The van der Waals surface area contributed by atoms with Crippen molar-refractivity contribution in [2.24, 2.45) is 0 Å². The summed E-state index contributed by atoms with van der Waals surface area (Å²) in [6, 6.07) is 12.4. The number of hydrogen-bond donors (Lipinski definition) is 2. The fourth-order valence-electron chi connectivity index (χ4n) is 2.90. The lowest BCUT2D eigenvalue weighted by atomic mass is 10.1. The number of carbonyl (C=O) groups excluding carboxylic acids is 1. The number of anilines is 2. The van der Waals surface area contributed by atoms with E-state index >= 15 is 0 Å². The van der Waals surface area contributed by atoms with Gasteiger partial charge in [-0.15, -0.1) is 11.3 Å². The molecular formula is C21H22ClN3O3S2. The summed E-state index contributed by atoms with van der Waals surface area (Å²) in [5, 5.41) is 4.18. The number of benzene rings is 2. The lowest BCUT2D eigenvalue weighted by molar-refractivity contribution is 0.102. The van der Waals surface area contributed by atoms with Gasteiger partial charge < -0.3 is 5.32 Å². The van der Waals surface area contributed by atoms with Crippen LogP contribution in [0.2, 0.25) is 5.02 Å². The first-order chi connectivity index (χ1) is 14.2. The van der Waals surface area contributed by atoms with Crippen LogP contribution in [0.15, 0.2) is 42.5 Å². The highest BCUT2D eigenvalue weighted by Gasteiger charge is 2.18. The summed E-state index contributed by atoms with van der Waals surface area (Å²) in [5.74, 6) is -0.259. The molecule has 0 spiro atoms. The molecule has 30 heavy (non-hydrogen) atoms. The molecule has 0 aliphatic rings. The molecule has 0 fully saturated rings. The summed E-state index contributed by atoms with van der Waals surface area (Å²) in [7, 11) is -3.42. The van der Waals surface area contributed by atoms with Crippen LogP contribution in [-0.2, 0) is 10.0 Å². The van der Waals surface area contributed by atoms with E-state index in [0.29, 0.717) is 44.0 Å². The van der Waals surface area contributed by atoms with Crippen LogP contribution in [0.1, 0.15) is 34.3 Å². The lowest BCUT2D eigenvalue weighted by Crippen LogP contribution is -2.18. The van der Waals surface area contributed by atoms with E-state index in [1.165, 1.54) is 11.3 Å². The second kappa shape index (κ2) is 9.16. The van der Waals surface area contributed by atoms with E-state index in [1.807, 2.05) is 12.1 Å². The largest absolute Gasteiger partial charge is 0.321 e. The highest BCUT2D eigenvalue weighted by Crippen LogP contribution is 2.31. The Morgan fingerprint density at radius 3 is 2.53 bits per heavy atom. The summed E-state index contributed by atoms with van der Waals surface area (Å²) in [6.07, 6.45) is 0.518. The molecule has 3 aromatic rings. The van der Waals surface area contributed by atoms with E-state index in [4.69, 9.17) is 11.6 Å². The van der Waals surface area contributed by atoms with E-state index in [0.717, 1.165) is 5.56 Å². The number of thiazole rings is 1. The van der Waals surface area contributed by atoms with Crippen molar-refractivity contribution in [3.63, 3.8) is 0 Å². The summed E-state index contributed by atoms with van der Waals surface area (Å²) in [6.45, 7) is 5.34. The van der Waals surface area contributed by atoms with Crippen molar-refractivity contribution >= 4 is 50.2 Å². The Kier molecular flexibility index (Phi) is 6.80. The fraction of sp³-hybridized carbons (Fsp3) is 0.238. The molecule has 6 nitrogen and oxygen atoms in total. The van der Waals surface area contributed by atoms with Crippen LogP contribution in [0.4, 0.5) is 11.4 Å². The molecule has 158 valence electrons. The average Bonchev–Trinajstić information content (AvgIpc) is 3.06. The zero-order chi connectivity index (χ0) is 21.9. The first-order valence-corrected chi connectivity index (χ1v) is 12.2. The molecule has 0 saturated carbocycles. The van der Waals surface area contributed by atoms with Gasteiger partial charge in [0, 0.05) is 16.3 Å². The Morgan fingerprint density at radius 2 is 1.83 bits per heavy atom. The number of halogens is 1. The number of nitrogens with one attached hydrogen (secondary N) is 2. The van der Waals surface area contributed by atoms with Crippen molar-refractivity contribution in [2.75, 3.05) is 15.8 Å². The average molecular weight is 464 g/mol. The van der Waals surface area contributed by atoms with Gasteiger partial charge in [0.25, 0.3) is 5.91 Å². The highest BCUT2D eigenvalue weighted by molar-refractivity contribution is 7.92. The maximum atomic E-state index is 12.9. The SMILES string of the molecule is CCCS(=O)(=O)Nc1cccc(NC(=O)c2sc(-c3cccc(Cl)c3)nc2C)c1C. The first kappa shape index (κ1) is 22.3. The zero-order valence-corrected chi connectivity index (χ0v) is 19.2. The monoisotopic (exact) mass is 463 g/mol. The van der Waals surface area contributed by atoms with Gasteiger partial charge >= 0.3 is 0 Å². The van der Waals surface area contributed by atoms with Crippen LogP contribution in [0.3, 0.4) is 0 Å².